The first-order valence-electron chi connectivity index (χ1n) is 9.64. The highest BCUT2D eigenvalue weighted by molar-refractivity contribution is 6.30. The second kappa shape index (κ2) is 11.0. The molecule has 3 aromatic carbocycles. The fraction of sp³-hybridized carbons (Fsp3) is 0.208. The van der Waals surface area contributed by atoms with Crippen LogP contribution in [0.25, 0.3) is 0 Å². The van der Waals surface area contributed by atoms with Gasteiger partial charge in [0.1, 0.15) is 0 Å². The van der Waals surface area contributed by atoms with E-state index in [0.29, 0.717) is 29.6 Å². The van der Waals surface area contributed by atoms with Gasteiger partial charge in [-0.1, -0.05) is 77.8 Å². The number of aryl methyl sites for hydroxylation is 1. The zero-order chi connectivity index (χ0) is 20.5. The second-order valence-electron chi connectivity index (χ2n) is 6.93. The Bertz CT molecular complexity index is 896. The predicted molar refractivity (Wildman–Crippen MR) is 120 cm³/mol. The molecule has 0 saturated carbocycles. The lowest BCUT2D eigenvalue weighted by molar-refractivity contribution is -0.123. The van der Waals surface area contributed by atoms with Gasteiger partial charge in [-0.3, -0.25) is 4.79 Å². The summed E-state index contributed by atoms with van der Waals surface area (Å²) < 4.78 is 0. The first-order chi connectivity index (χ1) is 14.1. The molecule has 0 bridgehead atoms. The van der Waals surface area contributed by atoms with Crippen LogP contribution in [0.2, 0.25) is 10.0 Å². The number of carbonyl (C=O) groups excluding carboxylic acids is 1. The SMILES string of the molecule is O=C(NCc1ccc(Cl)cc1)[C@H](CCc1ccccc1)NCc1ccc(Cl)cc1. The molecule has 29 heavy (non-hydrogen) atoms. The van der Waals surface area contributed by atoms with Crippen LogP contribution >= 0.6 is 23.2 Å². The zero-order valence-corrected chi connectivity index (χ0v) is 17.6. The molecule has 0 spiro atoms. The number of rotatable bonds is 9. The predicted octanol–water partition coefficient (Wildman–Crippen LogP) is 5.40. The quantitative estimate of drug-likeness (QED) is 0.480. The third kappa shape index (κ3) is 7.21. The molecule has 0 aliphatic heterocycles. The highest BCUT2D eigenvalue weighted by Gasteiger charge is 2.17. The first kappa shape index (κ1) is 21.4. The van der Waals surface area contributed by atoms with Crippen LogP contribution in [0.4, 0.5) is 0 Å². The molecule has 150 valence electrons. The van der Waals surface area contributed by atoms with Crippen LogP contribution in [0.1, 0.15) is 23.1 Å². The Morgan fingerprint density at radius 2 is 1.28 bits per heavy atom. The van der Waals surface area contributed by atoms with Crippen molar-refractivity contribution in [3.8, 4) is 0 Å². The monoisotopic (exact) mass is 426 g/mol. The standard InChI is InChI=1S/C24H24Cl2N2O/c25-21-11-6-19(7-12-21)16-27-23(15-10-18-4-2-1-3-5-18)24(29)28-17-20-8-13-22(26)14-9-20/h1-9,11-14,23,27H,10,15-17H2,(H,28,29)/t23-/m0/s1. The van der Waals surface area contributed by atoms with E-state index in [9.17, 15) is 4.79 Å². The van der Waals surface area contributed by atoms with Crippen molar-refractivity contribution in [1.82, 2.24) is 10.6 Å². The van der Waals surface area contributed by atoms with Crippen molar-refractivity contribution in [2.24, 2.45) is 0 Å². The van der Waals surface area contributed by atoms with E-state index < -0.39 is 0 Å². The number of halogens is 2. The Kier molecular flexibility index (Phi) is 8.12. The molecular formula is C24H24Cl2N2O. The smallest absolute Gasteiger partial charge is 0.237 e. The van der Waals surface area contributed by atoms with Gasteiger partial charge in [-0.2, -0.15) is 0 Å². The van der Waals surface area contributed by atoms with Crippen molar-refractivity contribution in [1.29, 1.82) is 0 Å². The van der Waals surface area contributed by atoms with E-state index in [1.807, 2.05) is 66.7 Å². The van der Waals surface area contributed by atoms with Gasteiger partial charge in [-0.25, -0.2) is 0 Å². The number of carbonyl (C=O) groups is 1. The third-order valence-corrected chi connectivity index (χ3v) is 5.23. The molecule has 1 atom stereocenters. The van der Waals surface area contributed by atoms with E-state index in [1.165, 1.54) is 5.56 Å². The molecule has 1 amide bonds. The van der Waals surface area contributed by atoms with Crippen molar-refractivity contribution in [2.75, 3.05) is 0 Å². The molecule has 0 unspecified atom stereocenters. The Morgan fingerprint density at radius 3 is 1.86 bits per heavy atom. The van der Waals surface area contributed by atoms with Crippen LogP contribution in [-0.4, -0.2) is 11.9 Å². The summed E-state index contributed by atoms with van der Waals surface area (Å²) in [6, 6.07) is 25.1. The number of amides is 1. The summed E-state index contributed by atoms with van der Waals surface area (Å²) in [5.41, 5.74) is 3.32. The molecular weight excluding hydrogens is 403 g/mol. The molecule has 0 aliphatic carbocycles. The van der Waals surface area contributed by atoms with Crippen molar-refractivity contribution in [3.05, 3.63) is 106 Å². The van der Waals surface area contributed by atoms with Gasteiger partial charge in [0.05, 0.1) is 6.04 Å². The van der Waals surface area contributed by atoms with Crippen molar-refractivity contribution < 1.29 is 4.79 Å². The maximum atomic E-state index is 12.9. The van der Waals surface area contributed by atoms with Crippen LogP contribution in [0, 0.1) is 0 Å². The van der Waals surface area contributed by atoms with Crippen molar-refractivity contribution in [3.63, 3.8) is 0 Å². The van der Waals surface area contributed by atoms with Crippen LogP contribution < -0.4 is 10.6 Å². The van der Waals surface area contributed by atoms with E-state index in [-0.39, 0.29) is 11.9 Å². The lowest BCUT2D eigenvalue weighted by Crippen LogP contribution is -2.44. The van der Waals surface area contributed by atoms with E-state index in [4.69, 9.17) is 23.2 Å². The van der Waals surface area contributed by atoms with Gasteiger partial charge in [0, 0.05) is 23.1 Å². The summed E-state index contributed by atoms with van der Waals surface area (Å²) in [6.07, 6.45) is 1.54. The number of benzene rings is 3. The lowest BCUT2D eigenvalue weighted by Gasteiger charge is -2.19. The van der Waals surface area contributed by atoms with Crippen LogP contribution in [0.5, 0.6) is 0 Å². The summed E-state index contributed by atoms with van der Waals surface area (Å²) in [5, 5.41) is 7.82. The minimum absolute atomic E-state index is 0.00940. The number of nitrogens with one attached hydrogen (secondary N) is 2. The van der Waals surface area contributed by atoms with Crippen LogP contribution in [0.3, 0.4) is 0 Å². The summed E-state index contributed by atoms with van der Waals surface area (Å²) >= 11 is 11.9. The van der Waals surface area contributed by atoms with Crippen molar-refractivity contribution >= 4 is 29.1 Å². The second-order valence-corrected chi connectivity index (χ2v) is 7.80. The molecule has 0 radical (unpaired) electrons. The van der Waals surface area contributed by atoms with Crippen LogP contribution in [-0.2, 0) is 24.3 Å². The third-order valence-electron chi connectivity index (χ3n) is 4.73. The highest BCUT2D eigenvalue weighted by atomic mass is 35.5. The van der Waals surface area contributed by atoms with Gasteiger partial charge in [-0.15, -0.1) is 0 Å². The van der Waals surface area contributed by atoms with Gasteiger partial charge in [0.25, 0.3) is 0 Å². The molecule has 3 aromatic rings. The van der Waals surface area contributed by atoms with Crippen molar-refractivity contribution in [2.45, 2.75) is 32.0 Å². The maximum Gasteiger partial charge on any atom is 0.237 e. The maximum absolute atomic E-state index is 12.9. The topological polar surface area (TPSA) is 41.1 Å². The fourth-order valence-electron chi connectivity index (χ4n) is 3.04. The largest absolute Gasteiger partial charge is 0.351 e. The average molecular weight is 427 g/mol. The van der Waals surface area contributed by atoms with E-state index in [1.54, 1.807) is 0 Å². The normalized spacial score (nSPS) is 11.8. The molecule has 0 heterocycles. The summed E-state index contributed by atoms with van der Waals surface area (Å²) in [5.74, 6) is -0.00940. The van der Waals surface area contributed by atoms with Gasteiger partial charge < -0.3 is 10.6 Å². The minimum Gasteiger partial charge on any atom is -0.351 e. The Labute approximate surface area is 182 Å². The summed E-state index contributed by atoms with van der Waals surface area (Å²) in [7, 11) is 0. The molecule has 3 rings (SSSR count). The molecule has 3 nitrogen and oxygen atoms in total. The highest BCUT2D eigenvalue weighted by Crippen LogP contribution is 2.12. The lowest BCUT2D eigenvalue weighted by atomic mass is 10.0. The number of hydrogen-bond donors (Lipinski definition) is 2. The molecule has 0 fully saturated rings. The van der Waals surface area contributed by atoms with Gasteiger partial charge >= 0.3 is 0 Å². The molecule has 2 N–H and O–H groups in total. The summed E-state index contributed by atoms with van der Waals surface area (Å²) in [4.78, 5) is 12.9. The Morgan fingerprint density at radius 1 is 0.724 bits per heavy atom. The molecule has 5 heteroatoms. The van der Waals surface area contributed by atoms with E-state index in [2.05, 4.69) is 22.8 Å². The minimum atomic E-state index is -0.293. The van der Waals surface area contributed by atoms with Gasteiger partial charge in [0.15, 0.2) is 0 Å². The van der Waals surface area contributed by atoms with E-state index >= 15 is 0 Å². The molecule has 0 aliphatic rings. The Balaban J connectivity index is 1.60. The zero-order valence-electron chi connectivity index (χ0n) is 16.1. The first-order valence-corrected chi connectivity index (χ1v) is 10.4. The molecule has 0 saturated heterocycles. The molecule has 0 aromatic heterocycles. The van der Waals surface area contributed by atoms with Crippen LogP contribution in [0.15, 0.2) is 78.9 Å². The van der Waals surface area contributed by atoms with Gasteiger partial charge in [-0.05, 0) is 53.8 Å². The number of hydrogen-bond acceptors (Lipinski definition) is 2. The van der Waals surface area contributed by atoms with E-state index in [0.717, 1.165) is 17.5 Å². The average Bonchev–Trinajstić information content (AvgIpc) is 2.75. The Hall–Kier alpha value is -2.33. The summed E-state index contributed by atoms with van der Waals surface area (Å²) in [6.45, 7) is 1.07. The fourth-order valence-corrected chi connectivity index (χ4v) is 3.29. The van der Waals surface area contributed by atoms with Gasteiger partial charge in [0.2, 0.25) is 5.91 Å².